The van der Waals surface area contributed by atoms with Crippen molar-refractivity contribution >= 4 is 22.6 Å². The molecule has 4 nitrogen and oxygen atoms in total. The summed E-state index contributed by atoms with van der Waals surface area (Å²) < 4.78 is 26.4. The molecule has 116 valence electrons. The van der Waals surface area contributed by atoms with E-state index in [2.05, 4.69) is 4.98 Å². The minimum atomic E-state index is -0.412. The van der Waals surface area contributed by atoms with E-state index >= 15 is 0 Å². The van der Waals surface area contributed by atoms with Gasteiger partial charge in [-0.05, 0) is 13.8 Å². The van der Waals surface area contributed by atoms with Crippen LogP contribution < -0.4 is 4.74 Å². The number of nitrogens with zero attached hydrogens (tertiary/aromatic N) is 2. The number of ether oxygens (including phenoxy) is 2. The summed E-state index contributed by atoms with van der Waals surface area (Å²) in [7, 11) is 1.45. The Kier molecular flexibility index (Phi) is 5.42. The van der Waals surface area contributed by atoms with E-state index in [0.717, 1.165) is 11.3 Å². The molecule has 1 aromatic heterocycles. The van der Waals surface area contributed by atoms with Crippen molar-refractivity contribution in [2.75, 3.05) is 19.6 Å². The van der Waals surface area contributed by atoms with Gasteiger partial charge >= 0.3 is 0 Å². The topological polar surface area (TPSA) is 36.3 Å². The van der Waals surface area contributed by atoms with Crippen molar-refractivity contribution < 1.29 is 13.9 Å². The van der Waals surface area contributed by atoms with Gasteiger partial charge in [0.05, 0.1) is 30.9 Å². The van der Waals surface area contributed by atoms with E-state index in [1.165, 1.54) is 13.2 Å². The van der Waals surface area contributed by atoms with Gasteiger partial charge in [-0.1, -0.05) is 0 Å². The van der Waals surface area contributed by atoms with Gasteiger partial charge in [-0.2, -0.15) is 0 Å². The zero-order valence-corrected chi connectivity index (χ0v) is 13.3. The molecule has 0 unspecified atom stereocenters. The molecule has 0 atom stereocenters. The maximum absolute atomic E-state index is 13.8. The molecule has 2 rings (SSSR count). The highest BCUT2D eigenvalue weighted by Crippen LogP contribution is 2.25. The van der Waals surface area contributed by atoms with Crippen LogP contribution in [0.25, 0.3) is 11.0 Å². The summed E-state index contributed by atoms with van der Waals surface area (Å²) in [6.07, 6.45) is 0.797. The lowest BCUT2D eigenvalue weighted by molar-refractivity contribution is 0.0729. The Labute approximate surface area is 128 Å². The predicted octanol–water partition coefficient (Wildman–Crippen LogP) is 3.39. The Morgan fingerprint density at radius 3 is 2.76 bits per heavy atom. The van der Waals surface area contributed by atoms with Crippen molar-refractivity contribution in [3.63, 3.8) is 0 Å². The van der Waals surface area contributed by atoms with Crippen LogP contribution in [-0.2, 0) is 17.7 Å². The molecule has 2 aromatic rings. The van der Waals surface area contributed by atoms with Gasteiger partial charge in [-0.3, -0.25) is 0 Å². The summed E-state index contributed by atoms with van der Waals surface area (Å²) in [4.78, 5) is 4.46. The Hall–Kier alpha value is -1.33. The second kappa shape index (κ2) is 7.09. The minimum absolute atomic E-state index is 0.170. The van der Waals surface area contributed by atoms with Crippen LogP contribution in [0.4, 0.5) is 4.39 Å². The van der Waals surface area contributed by atoms with Gasteiger partial charge < -0.3 is 14.0 Å². The molecule has 0 saturated carbocycles. The molecule has 0 saturated heterocycles. The minimum Gasteiger partial charge on any atom is -0.494 e. The van der Waals surface area contributed by atoms with Gasteiger partial charge in [0.25, 0.3) is 0 Å². The third-order valence-corrected chi connectivity index (χ3v) is 3.37. The van der Waals surface area contributed by atoms with Crippen molar-refractivity contribution in [3.05, 3.63) is 23.8 Å². The van der Waals surface area contributed by atoms with E-state index < -0.39 is 5.82 Å². The van der Waals surface area contributed by atoms with E-state index in [-0.39, 0.29) is 11.9 Å². The van der Waals surface area contributed by atoms with Crippen LogP contribution in [0.2, 0.25) is 0 Å². The highest BCUT2D eigenvalue weighted by molar-refractivity contribution is 6.17. The molecule has 0 aliphatic rings. The second-order valence-corrected chi connectivity index (χ2v) is 5.39. The van der Waals surface area contributed by atoms with Gasteiger partial charge in [0.2, 0.25) is 0 Å². The molecular formula is C15H20ClFN2O2. The summed E-state index contributed by atoms with van der Waals surface area (Å²) >= 11 is 5.83. The largest absolute Gasteiger partial charge is 0.494 e. The lowest BCUT2D eigenvalue weighted by Gasteiger charge is -2.11. The zero-order chi connectivity index (χ0) is 15.4. The molecule has 0 amide bonds. The van der Waals surface area contributed by atoms with Gasteiger partial charge in [0.15, 0.2) is 11.6 Å². The first-order chi connectivity index (χ1) is 10.1. The first kappa shape index (κ1) is 16.0. The van der Waals surface area contributed by atoms with E-state index in [0.29, 0.717) is 31.0 Å². The first-order valence-electron chi connectivity index (χ1n) is 6.97. The van der Waals surface area contributed by atoms with E-state index in [4.69, 9.17) is 21.1 Å². The molecule has 0 N–H and O–H groups in total. The molecule has 1 aromatic carbocycles. The monoisotopic (exact) mass is 314 g/mol. The number of rotatable bonds is 7. The van der Waals surface area contributed by atoms with Crippen molar-refractivity contribution in [2.45, 2.75) is 32.9 Å². The van der Waals surface area contributed by atoms with Gasteiger partial charge in [-0.15, -0.1) is 11.6 Å². The van der Waals surface area contributed by atoms with E-state index in [1.807, 2.05) is 18.4 Å². The van der Waals surface area contributed by atoms with Crippen LogP contribution in [0.1, 0.15) is 19.7 Å². The maximum Gasteiger partial charge on any atom is 0.167 e. The van der Waals surface area contributed by atoms with Crippen LogP contribution in [-0.4, -0.2) is 35.3 Å². The molecule has 1 heterocycles. The molecule has 0 aliphatic heterocycles. The maximum atomic E-state index is 13.8. The summed E-state index contributed by atoms with van der Waals surface area (Å²) in [6, 6.07) is 3.07. The van der Waals surface area contributed by atoms with Crippen LogP contribution in [0.5, 0.6) is 5.75 Å². The SMILES string of the molecule is COc1cc2c(cc1F)nc(CCCl)n2CCOC(C)C. The number of imidazole rings is 1. The number of hydrogen-bond acceptors (Lipinski definition) is 3. The third-order valence-electron chi connectivity index (χ3n) is 3.19. The number of aryl methyl sites for hydroxylation is 1. The normalized spacial score (nSPS) is 11.5. The lowest BCUT2D eigenvalue weighted by Crippen LogP contribution is -2.13. The summed E-state index contributed by atoms with van der Waals surface area (Å²) in [5.74, 6) is 1.10. The molecular weight excluding hydrogens is 295 g/mol. The zero-order valence-electron chi connectivity index (χ0n) is 12.5. The Bertz CT molecular complexity index is 613. The molecule has 21 heavy (non-hydrogen) atoms. The molecule has 6 heteroatoms. The molecule has 0 spiro atoms. The standard InChI is InChI=1S/C15H20ClFN2O2/c1-10(2)21-7-6-19-13-9-14(20-3)11(17)8-12(13)18-15(19)4-5-16/h8-10H,4-7H2,1-3H3. The number of aromatic nitrogens is 2. The first-order valence-corrected chi connectivity index (χ1v) is 7.50. The number of hydrogen-bond donors (Lipinski definition) is 0. The quantitative estimate of drug-likeness (QED) is 0.735. The Morgan fingerprint density at radius 1 is 1.38 bits per heavy atom. The molecule has 0 fully saturated rings. The van der Waals surface area contributed by atoms with Crippen LogP contribution in [0, 0.1) is 5.82 Å². The molecule has 0 bridgehead atoms. The van der Waals surface area contributed by atoms with E-state index in [1.54, 1.807) is 6.07 Å². The number of benzene rings is 1. The van der Waals surface area contributed by atoms with Crippen LogP contribution in [0.15, 0.2) is 12.1 Å². The predicted molar refractivity (Wildman–Crippen MR) is 81.8 cm³/mol. The van der Waals surface area contributed by atoms with Crippen molar-refractivity contribution in [3.8, 4) is 5.75 Å². The fourth-order valence-electron chi connectivity index (χ4n) is 2.24. The van der Waals surface area contributed by atoms with Crippen molar-refractivity contribution in [1.82, 2.24) is 9.55 Å². The van der Waals surface area contributed by atoms with Crippen LogP contribution in [0.3, 0.4) is 0 Å². The summed E-state index contributed by atoms with van der Waals surface area (Å²) in [6.45, 7) is 5.20. The second-order valence-electron chi connectivity index (χ2n) is 5.01. The van der Waals surface area contributed by atoms with Gasteiger partial charge in [0.1, 0.15) is 5.82 Å². The van der Waals surface area contributed by atoms with E-state index in [9.17, 15) is 4.39 Å². The highest BCUT2D eigenvalue weighted by Gasteiger charge is 2.14. The Balaban J connectivity index is 2.39. The number of fused-ring (bicyclic) bond motifs is 1. The highest BCUT2D eigenvalue weighted by atomic mass is 35.5. The van der Waals surface area contributed by atoms with Crippen molar-refractivity contribution in [1.29, 1.82) is 0 Å². The van der Waals surface area contributed by atoms with Gasteiger partial charge in [-0.25, -0.2) is 9.37 Å². The molecule has 0 aliphatic carbocycles. The average Bonchev–Trinajstić information content (AvgIpc) is 2.75. The average molecular weight is 315 g/mol. The van der Waals surface area contributed by atoms with Crippen molar-refractivity contribution in [2.24, 2.45) is 0 Å². The number of halogens is 2. The number of alkyl halides is 1. The molecule has 0 radical (unpaired) electrons. The fraction of sp³-hybridized carbons (Fsp3) is 0.533. The fourth-order valence-corrected chi connectivity index (χ4v) is 2.41. The Morgan fingerprint density at radius 2 is 2.14 bits per heavy atom. The lowest BCUT2D eigenvalue weighted by atomic mass is 10.3. The third kappa shape index (κ3) is 3.66. The smallest absolute Gasteiger partial charge is 0.167 e. The van der Waals surface area contributed by atoms with Crippen LogP contribution >= 0.6 is 11.6 Å². The summed E-state index contributed by atoms with van der Waals surface area (Å²) in [5.41, 5.74) is 1.44. The summed E-state index contributed by atoms with van der Waals surface area (Å²) in [5, 5.41) is 0. The number of methoxy groups -OCH3 is 1. The van der Waals surface area contributed by atoms with Gasteiger partial charge in [0, 0.05) is 31.0 Å².